The zero-order chi connectivity index (χ0) is 14.1. The normalized spacial score (nSPS) is 10.8. The van der Waals surface area contributed by atoms with Crippen molar-refractivity contribution in [1.29, 1.82) is 0 Å². The Hall–Kier alpha value is -1.51. The number of carboxylic acid groups (broad SMARTS) is 1. The van der Waals surface area contributed by atoms with Crippen LogP contribution in [0.5, 0.6) is 0 Å². The third kappa shape index (κ3) is 4.93. The molecule has 8 heteroatoms. The molecular weight excluding hydrogens is 254 g/mol. The molecule has 1 aromatic heterocycles. The van der Waals surface area contributed by atoms with Crippen LogP contribution in [0.4, 0.5) is 0 Å². The summed E-state index contributed by atoms with van der Waals surface area (Å²) in [6.07, 6.45) is 0.448. The lowest BCUT2D eigenvalue weighted by Crippen LogP contribution is -2.15. The van der Waals surface area contributed by atoms with Crippen molar-refractivity contribution in [1.82, 2.24) is 15.0 Å². The highest BCUT2D eigenvalue weighted by Crippen LogP contribution is 2.07. The molecule has 0 saturated carbocycles. The van der Waals surface area contributed by atoms with E-state index in [1.807, 2.05) is 0 Å². The Bertz CT molecular complexity index is 394. The van der Waals surface area contributed by atoms with Gasteiger partial charge in [-0.05, 0) is 0 Å². The quantitative estimate of drug-likeness (QED) is 0.591. The predicted molar refractivity (Wildman–Crippen MR) is 65.3 cm³/mol. The Labute approximate surface area is 111 Å². The molecule has 0 aromatic carbocycles. The van der Waals surface area contributed by atoms with Crippen LogP contribution in [-0.2, 0) is 27.2 Å². The van der Waals surface area contributed by atoms with Crippen LogP contribution in [0.25, 0.3) is 0 Å². The minimum absolute atomic E-state index is 0.0334. The molecule has 0 atom stereocenters. The maximum atomic E-state index is 11.0. The van der Waals surface area contributed by atoms with Gasteiger partial charge in [-0.25, -0.2) is 9.48 Å². The second-order valence-corrected chi connectivity index (χ2v) is 3.76. The van der Waals surface area contributed by atoms with Gasteiger partial charge in [0, 0.05) is 20.6 Å². The van der Waals surface area contributed by atoms with Crippen molar-refractivity contribution in [3.8, 4) is 0 Å². The maximum Gasteiger partial charge on any atom is 0.358 e. The summed E-state index contributed by atoms with van der Waals surface area (Å²) in [5.41, 5.74) is 0.513. The van der Waals surface area contributed by atoms with E-state index in [0.717, 1.165) is 0 Å². The predicted octanol–water partition coefficient (Wildman–Crippen LogP) is -0.172. The van der Waals surface area contributed by atoms with E-state index < -0.39 is 5.97 Å². The molecule has 0 aliphatic heterocycles. The molecule has 1 N–H and O–H groups in total. The summed E-state index contributed by atoms with van der Waals surface area (Å²) >= 11 is 0. The van der Waals surface area contributed by atoms with E-state index in [-0.39, 0.29) is 5.69 Å². The largest absolute Gasteiger partial charge is 0.476 e. The molecule has 0 spiro atoms. The molecule has 1 rings (SSSR count). The van der Waals surface area contributed by atoms with Crippen LogP contribution in [-0.4, -0.2) is 66.7 Å². The fraction of sp³-hybridized carbons (Fsp3) is 0.727. The van der Waals surface area contributed by atoms with Crippen LogP contribution in [0.2, 0.25) is 0 Å². The van der Waals surface area contributed by atoms with Crippen molar-refractivity contribution in [3.05, 3.63) is 11.4 Å². The van der Waals surface area contributed by atoms with E-state index in [0.29, 0.717) is 45.1 Å². The average Bonchev–Trinajstić information content (AvgIpc) is 2.79. The minimum atomic E-state index is -1.09. The number of rotatable bonds is 10. The number of nitrogens with zero attached hydrogens (tertiary/aromatic N) is 3. The monoisotopic (exact) mass is 273 g/mol. The van der Waals surface area contributed by atoms with E-state index in [1.54, 1.807) is 14.2 Å². The van der Waals surface area contributed by atoms with Gasteiger partial charge in [0.25, 0.3) is 0 Å². The van der Waals surface area contributed by atoms with Gasteiger partial charge in [0.1, 0.15) is 0 Å². The summed E-state index contributed by atoms with van der Waals surface area (Å²) in [4.78, 5) is 11.0. The van der Waals surface area contributed by atoms with E-state index in [9.17, 15) is 4.79 Å². The molecule has 19 heavy (non-hydrogen) atoms. The first-order valence-electron chi connectivity index (χ1n) is 5.92. The SMILES string of the molecule is COCCOCCn1nnc(C(=O)O)c1CCOC. The maximum absolute atomic E-state index is 11.0. The Balaban J connectivity index is 2.58. The highest BCUT2D eigenvalue weighted by molar-refractivity contribution is 5.86. The molecule has 108 valence electrons. The van der Waals surface area contributed by atoms with Crippen LogP contribution in [0, 0.1) is 0 Å². The molecule has 0 unspecified atom stereocenters. The lowest BCUT2D eigenvalue weighted by Gasteiger charge is -2.07. The number of carboxylic acids is 1. The summed E-state index contributed by atoms with van der Waals surface area (Å²) in [6, 6.07) is 0. The molecule has 8 nitrogen and oxygen atoms in total. The van der Waals surface area contributed by atoms with Crippen LogP contribution < -0.4 is 0 Å². The number of hydrogen-bond acceptors (Lipinski definition) is 6. The number of hydrogen-bond donors (Lipinski definition) is 1. The first-order chi connectivity index (χ1) is 9.20. The first kappa shape index (κ1) is 15.5. The smallest absolute Gasteiger partial charge is 0.358 e. The van der Waals surface area contributed by atoms with Crippen LogP contribution in [0.15, 0.2) is 0 Å². The topological polar surface area (TPSA) is 95.7 Å². The van der Waals surface area contributed by atoms with E-state index in [4.69, 9.17) is 19.3 Å². The third-order valence-electron chi connectivity index (χ3n) is 2.46. The average molecular weight is 273 g/mol. The summed E-state index contributed by atoms with van der Waals surface area (Å²) in [7, 11) is 3.16. The van der Waals surface area contributed by atoms with Crippen LogP contribution >= 0.6 is 0 Å². The van der Waals surface area contributed by atoms with E-state index in [1.165, 1.54) is 4.68 Å². The third-order valence-corrected chi connectivity index (χ3v) is 2.46. The van der Waals surface area contributed by atoms with Gasteiger partial charge < -0.3 is 19.3 Å². The second-order valence-electron chi connectivity index (χ2n) is 3.76. The summed E-state index contributed by atoms with van der Waals surface area (Å²) in [5, 5.41) is 16.5. The summed E-state index contributed by atoms with van der Waals surface area (Å²) in [5.74, 6) is -1.09. The number of carbonyl (C=O) groups is 1. The fourth-order valence-corrected chi connectivity index (χ4v) is 1.52. The van der Waals surface area contributed by atoms with Crippen molar-refractivity contribution < 1.29 is 24.1 Å². The Morgan fingerprint density at radius 2 is 1.95 bits per heavy atom. The van der Waals surface area contributed by atoms with Gasteiger partial charge in [0.05, 0.1) is 38.7 Å². The first-order valence-corrected chi connectivity index (χ1v) is 5.92. The van der Waals surface area contributed by atoms with E-state index in [2.05, 4.69) is 10.3 Å². The number of ether oxygens (including phenoxy) is 3. The molecule has 0 fully saturated rings. The van der Waals surface area contributed by atoms with Gasteiger partial charge in [-0.2, -0.15) is 0 Å². The van der Waals surface area contributed by atoms with Gasteiger partial charge in [-0.3, -0.25) is 0 Å². The Kier molecular flexibility index (Phi) is 7.01. The lowest BCUT2D eigenvalue weighted by atomic mass is 10.2. The standard InChI is InChI=1S/C11H19N3O5/c1-17-5-3-9-10(11(15)16)12-13-14(9)4-6-19-8-7-18-2/h3-8H2,1-2H3,(H,15,16). The highest BCUT2D eigenvalue weighted by atomic mass is 16.5. The van der Waals surface area contributed by atoms with Crippen molar-refractivity contribution in [2.24, 2.45) is 0 Å². The minimum Gasteiger partial charge on any atom is -0.476 e. The fourth-order valence-electron chi connectivity index (χ4n) is 1.52. The zero-order valence-electron chi connectivity index (χ0n) is 11.2. The van der Waals surface area contributed by atoms with Gasteiger partial charge in [-0.1, -0.05) is 5.21 Å². The molecule has 0 amide bonds. The molecule has 1 heterocycles. The molecule has 0 aliphatic rings. The van der Waals surface area contributed by atoms with Crippen molar-refractivity contribution in [2.75, 3.05) is 40.6 Å². The summed E-state index contributed by atoms with van der Waals surface area (Å²) in [6.45, 7) is 2.30. The molecule has 0 radical (unpaired) electrons. The molecule has 0 bridgehead atoms. The van der Waals surface area contributed by atoms with Gasteiger partial charge in [-0.15, -0.1) is 5.10 Å². The van der Waals surface area contributed by atoms with Gasteiger partial charge in [0.2, 0.25) is 0 Å². The summed E-state index contributed by atoms with van der Waals surface area (Å²) < 4.78 is 16.7. The molecule has 1 aromatic rings. The zero-order valence-corrected chi connectivity index (χ0v) is 11.2. The van der Waals surface area contributed by atoms with Crippen LogP contribution in [0.3, 0.4) is 0 Å². The molecule has 0 saturated heterocycles. The lowest BCUT2D eigenvalue weighted by molar-refractivity contribution is 0.0646. The van der Waals surface area contributed by atoms with Crippen molar-refractivity contribution >= 4 is 5.97 Å². The molecule has 0 aliphatic carbocycles. The number of aromatic nitrogens is 3. The molecular formula is C11H19N3O5. The van der Waals surface area contributed by atoms with E-state index >= 15 is 0 Å². The van der Waals surface area contributed by atoms with Crippen molar-refractivity contribution in [2.45, 2.75) is 13.0 Å². The van der Waals surface area contributed by atoms with Crippen LogP contribution in [0.1, 0.15) is 16.2 Å². The second kappa shape index (κ2) is 8.57. The highest BCUT2D eigenvalue weighted by Gasteiger charge is 2.18. The van der Waals surface area contributed by atoms with Gasteiger partial charge in [0.15, 0.2) is 5.69 Å². The Morgan fingerprint density at radius 3 is 2.58 bits per heavy atom. The van der Waals surface area contributed by atoms with Crippen molar-refractivity contribution in [3.63, 3.8) is 0 Å². The van der Waals surface area contributed by atoms with Gasteiger partial charge >= 0.3 is 5.97 Å². The Morgan fingerprint density at radius 1 is 1.21 bits per heavy atom. The number of aromatic carboxylic acids is 1. The number of methoxy groups -OCH3 is 2.